The molecule has 1 aromatic carbocycles. The highest BCUT2D eigenvalue weighted by molar-refractivity contribution is 5.38. The smallest absolute Gasteiger partial charge is 0.330 e. The molecule has 2 N–H and O–H groups in total. The summed E-state index contributed by atoms with van der Waals surface area (Å²) in [6.07, 6.45) is -0.686. The molecule has 6 heteroatoms. The minimum atomic E-state index is -4.34. The van der Waals surface area contributed by atoms with Gasteiger partial charge in [0, 0.05) is 24.0 Å². The van der Waals surface area contributed by atoms with Crippen LogP contribution >= 0.6 is 0 Å². The summed E-state index contributed by atoms with van der Waals surface area (Å²) in [5, 5.41) is 0. The van der Waals surface area contributed by atoms with E-state index in [-0.39, 0.29) is 0 Å². The second kappa shape index (κ2) is 4.81. The van der Waals surface area contributed by atoms with Gasteiger partial charge in [-0.05, 0) is 24.7 Å². The van der Waals surface area contributed by atoms with E-state index in [0.717, 1.165) is 17.8 Å². The average Bonchev–Trinajstić information content (AvgIpc) is 2.77. The van der Waals surface area contributed by atoms with Gasteiger partial charge in [0.25, 0.3) is 0 Å². The van der Waals surface area contributed by atoms with E-state index < -0.39 is 11.7 Å². The molecule has 0 aliphatic heterocycles. The second-order valence-electron chi connectivity index (χ2n) is 3.84. The van der Waals surface area contributed by atoms with Crippen LogP contribution < -0.4 is 5.73 Å². The number of imidazole rings is 1. The van der Waals surface area contributed by atoms with Crippen molar-refractivity contribution < 1.29 is 13.2 Å². The maximum atomic E-state index is 12.6. The van der Waals surface area contributed by atoms with Gasteiger partial charge < -0.3 is 10.3 Å². The molecule has 0 saturated heterocycles. The molecule has 1 aromatic heterocycles. The van der Waals surface area contributed by atoms with Crippen LogP contribution in [-0.4, -0.2) is 16.1 Å². The molecule has 0 radical (unpaired) electrons. The van der Waals surface area contributed by atoms with Gasteiger partial charge in [-0.15, -0.1) is 0 Å². The first-order valence-corrected chi connectivity index (χ1v) is 5.41. The number of nitrogens with zero attached hydrogens (tertiary/aromatic N) is 2. The summed E-state index contributed by atoms with van der Waals surface area (Å²) in [5.74, 6) is 0. The zero-order chi connectivity index (χ0) is 13.2. The zero-order valence-corrected chi connectivity index (χ0v) is 9.48. The normalized spacial score (nSPS) is 11.8. The van der Waals surface area contributed by atoms with Crippen LogP contribution in [0, 0.1) is 0 Å². The standard InChI is InChI=1S/C12H12F3N3/c13-12(14,15)9-2-1-3-10(6-9)18-8-17-7-11(18)4-5-16/h1-3,6-8H,4-5,16H2. The van der Waals surface area contributed by atoms with Crippen LogP contribution in [0.3, 0.4) is 0 Å². The summed E-state index contributed by atoms with van der Waals surface area (Å²) < 4.78 is 39.5. The largest absolute Gasteiger partial charge is 0.416 e. The molecule has 2 rings (SSSR count). The Bertz CT molecular complexity index is 531. The highest BCUT2D eigenvalue weighted by atomic mass is 19.4. The van der Waals surface area contributed by atoms with Crippen molar-refractivity contribution in [1.29, 1.82) is 0 Å². The Labute approximate surface area is 102 Å². The number of nitrogens with two attached hydrogens (primary N) is 1. The summed E-state index contributed by atoms with van der Waals surface area (Å²) in [7, 11) is 0. The van der Waals surface area contributed by atoms with Crippen LogP contribution in [0.1, 0.15) is 11.3 Å². The van der Waals surface area contributed by atoms with Crippen LogP contribution in [0.25, 0.3) is 5.69 Å². The Kier molecular flexibility index (Phi) is 3.38. The van der Waals surface area contributed by atoms with Crippen molar-refractivity contribution in [3.8, 4) is 5.69 Å². The minimum Gasteiger partial charge on any atom is -0.330 e. The Morgan fingerprint density at radius 2 is 2.06 bits per heavy atom. The molecule has 0 saturated carbocycles. The summed E-state index contributed by atoms with van der Waals surface area (Å²) in [5.41, 5.74) is 6.00. The van der Waals surface area contributed by atoms with E-state index in [1.807, 2.05) is 0 Å². The molecule has 18 heavy (non-hydrogen) atoms. The SMILES string of the molecule is NCCc1cncn1-c1cccc(C(F)(F)F)c1. The summed E-state index contributed by atoms with van der Waals surface area (Å²) in [6.45, 7) is 0.421. The summed E-state index contributed by atoms with van der Waals surface area (Å²) in [4.78, 5) is 3.94. The Balaban J connectivity index is 2.42. The van der Waals surface area contributed by atoms with Gasteiger partial charge in [-0.1, -0.05) is 6.07 Å². The zero-order valence-electron chi connectivity index (χ0n) is 9.48. The van der Waals surface area contributed by atoms with Crippen LogP contribution in [0.15, 0.2) is 36.8 Å². The Morgan fingerprint density at radius 3 is 2.72 bits per heavy atom. The van der Waals surface area contributed by atoms with Crippen LogP contribution in [0.2, 0.25) is 0 Å². The van der Waals surface area contributed by atoms with Crippen LogP contribution in [0.5, 0.6) is 0 Å². The Hall–Kier alpha value is -1.82. The van der Waals surface area contributed by atoms with E-state index in [1.165, 1.54) is 12.4 Å². The molecule has 0 spiro atoms. The first-order valence-electron chi connectivity index (χ1n) is 5.41. The predicted octanol–water partition coefficient (Wildman–Crippen LogP) is 2.39. The lowest BCUT2D eigenvalue weighted by atomic mass is 10.2. The Morgan fingerprint density at radius 1 is 1.28 bits per heavy atom. The van der Waals surface area contributed by atoms with E-state index >= 15 is 0 Å². The lowest BCUT2D eigenvalue weighted by molar-refractivity contribution is -0.137. The molecular formula is C12H12F3N3. The van der Waals surface area contributed by atoms with Crippen molar-refractivity contribution in [3.05, 3.63) is 48.0 Å². The van der Waals surface area contributed by atoms with Gasteiger partial charge in [0.1, 0.15) is 0 Å². The molecule has 0 bridgehead atoms. The summed E-state index contributed by atoms with van der Waals surface area (Å²) in [6, 6.07) is 5.13. The first-order chi connectivity index (χ1) is 8.52. The van der Waals surface area contributed by atoms with Gasteiger partial charge in [0.05, 0.1) is 11.9 Å². The number of hydrogen-bond acceptors (Lipinski definition) is 2. The maximum absolute atomic E-state index is 12.6. The topological polar surface area (TPSA) is 43.8 Å². The maximum Gasteiger partial charge on any atom is 0.416 e. The van der Waals surface area contributed by atoms with Gasteiger partial charge in [0.15, 0.2) is 0 Å². The monoisotopic (exact) mass is 255 g/mol. The fourth-order valence-electron chi connectivity index (χ4n) is 1.72. The molecule has 0 atom stereocenters. The number of benzene rings is 1. The van der Waals surface area contributed by atoms with Gasteiger partial charge in [-0.2, -0.15) is 13.2 Å². The molecule has 0 aliphatic rings. The minimum absolute atomic E-state index is 0.421. The van der Waals surface area contributed by atoms with Crippen molar-refractivity contribution in [3.63, 3.8) is 0 Å². The average molecular weight is 255 g/mol. The van der Waals surface area contributed by atoms with Crippen LogP contribution in [0.4, 0.5) is 13.2 Å². The molecule has 96 valence electrons. The lowest BCUT2D eigenvalue weighted by Crippen LogP contribution is -2.09. The van der Waals surface area contributed by atoms with Crippen molar-refractivity contribution in [1.82, 2.24) is 9.55 Å². The van der Waals surface area contributed by atoms with Gasteiger partial charge in [-0.25, -0.2) is 4.98 Å². The van der Waals surface area contributed by atoms with E-state index in [9.17, 15) is 13.2 Å². The van der Waals surface area contributed by atoms with Gasteiger partial charge in [0.2, 0.25) is 0 Å². The molecule has 0 amide bonds. The molecule has 0 unspecified atom stereocenters. The number of hydrogen-bond donors (Lipinski definition) is 1. The lowest BCUT2D eigenvalue weighted by Gasteiger charge is -2.11. The fraction of sp³-hybridized carbons (Fsp3) is 0.250. The molecule has 0 aliphatic carbocycles. The number of alkyl halides is 3. The fourth-order valence-corrected chi connectivity index (χ4v) is 1.72. The quantitative estimate of drug-likeness (QED) is 0.915. The highest BCUT2D eigenvalue weighted by Gasteiger charge is 2.30. The van der Waals surface area contributed by atoms with Crippen LogP contribution in [-0.2, 0) is 12.6 Å². The molecule has 0 fully saturated rings. The van der Waals surface area contributed by atoms with E-state index in [1.54, 1.807) is 16.8 Å². The molecule has 1 heterocycles. The van der Waals surface area contributed by atoms with E-state index in [4.69, 9.17) is 5.73 Å². The van der Waals surface area contributed by atoms with Crippen molar-refractivity contribution in [2.75, 3.05) is 6.54 Å². The van der Waals surface area contributed by atoms with Crippen molar-refractivity contribution >= 4 is 0 Å². The molecule has 2 aromatic rings. The summed E-state index contributed by atoms with van der Waals surface area (Å²) >= 11 is 0. The predicted molar refractivity (Wildman–Crippen MR) is 61.3 cm³/mol. The second-order valence-corrected chi connectivity index (χ2v) is 3.84. The molecule has 3 nitrogen and oxygen atoms in total. The third-order valence-electron chi connectivity index (χ3n) is 2.57. The van der Waals surface area contributed by atoms with Crippen molar-refractivity contribution in [2.24, 2.45) is 5.73 Å². The number of halogens is 3. The highest BCUT2D eigenvalue weighted by Crippen LogP contribution is 2.30. The van der Waals surface area contributed by atoms with Gasteiger partial charge in [-0.3, -0.25) is 0 Å². The van der Waals surface area contributed by atoms with E-state index in [2.05, 4.69) is 4.98 Å². The first kappa shape index (κ1) is 12.6. The van der Waals surface area contributed by atoms with Crippen molar-refractivity contribution in [2.45, 2.75) is 12.6 Å². The van der Waals surface area contributed by atoms with Gasteiger partial charge >= 0.3 is 6.18 Å². The third kappa shape index (κ3) is 2.53. The number of rotatable bonds is 3. The number of aromatic nitrogens is 2. The third-order valence-corrected chi connectivity index (χ3v) is 2.57. The molecular weight excluding hydrogens is 243 g/mol. The van der Waals surface area contributed by atoms with E-state index in [0.29, 0.717) is 18.7 Å².